The Kier molecular flexibility index (Phi) is 13.7. The quantitative estimate of drug-likeness (QED) is 0.0717. The zero-order valence-corrected chi connectivity index (χ0v) is 19.7. The predicted octanol–water partition coefficient (Wildman–Crippen LogP) is -2.40. The zero-order valence-electron chi connectivity index (χ0n) is 19.7. The number of rotatable bonds is 15. The Morgan fingerprint density at radius 1 is 0.939 bits per heavy atom. The molecule has 0 fully saturated rings. The van der Waals surface area contributed by atoms with Gasteiger partial charge in [0.1, 0.15) is 24.2 Å². The summed E-state index contributed by atoms with van der Waals surface area (Å²) >= 11 is 0. The van der Waals surface area contributed by atoms with Crippen molar-refractivity contribution in [2.45, 2.75) is 71.1 Å². The molecule has 13 nitrogen and oxygen atoms in total. The number of aliphatic hydroxyl groups is 1. The average Bonchev–Trinajstić information content (AvgIpc) is 2.75. The normalized spacial score (nSPS) is 15.5. The first kappa shape index (κ1) is 30.1. The van der Waals surface area contributed by atoms with Gasteiger partial charge in [0, 0.05) is 6.54 Å². The Balaban J connectivity index is 5.36. The van der Waals surface area contributed by atoms with Crippen LogP contribution in [0, 0.1) is 11.8 Å². The highest BCUT2D eigenvalue weighted by molar-refractivity contribution is 5.94. The number of carboxylic acid groups (broad SMARTS) is 1. The van der Waals surface area contributed by atoms with Crippen LogP contribution >= 0.6 is 0 Å². The van der Waals surface area contributed by atoms with Gasteiger partial charge in [-0.2, -0.15) is 0 Å². The van der Waals surface area contributed by atoms with Gasteiger partial charge in [-0.25, -0.2) is 4.79 Å². The second kappa shape index (κ2) is 15.0. The van der Waals surface area contributed by atoms with E-state index in [1.165, 1.54) is 0 Å². The van der Waals surface area contributed by atoms with E-state index < -0.39 is 54.5 Å². The van der Waals surface area contributed by atoms with Crippen LogP contribution in [0.3, 0.4) is 0 Å². The molecule has 0 aliphatic carbocycles. The first-order valence-corrected chi connectivity index (χ1v) is 10.9. The summed E-state index contributed by atoms with van der Waals surface area (Å²) in [7, 11) is 0. The van der Waals surface area contributed by atoms with Crippen molar-refractivity contribution in [2.75, 3.05) is 13.2 Å². The molecule has 5 unspecified atom stereocenters. The highest BCUT2D eigenvalue weighted by Gasteiger charge is 2.33. The molecular weight excluding hydrogens is 434 g/mol. The summed E-state index contributed by atoms with van der Waals surface area (Å²) in [5.41, 5.74) is 16.0. The summed E-state index contributed by atoms with van der Waals surface area (Å²) in [5.74, 6) is -4.00. The van der Waals surface area contributed by atoms with Crippen molar-refractivity contribution >= 4 is 29.7 Å². The summed E-state index contributed by atoms with van der Waals surface area (Å²) in [6.07, 6.45) is 0.949. The minimum absolute atomic E-state index is 0.0845. The number of aliphatic carboxylic acids is 1. The number of hydrogen-bond acceptors (Lipinski definition) is 7. The van der Waals surface area contributed by atoms with Crippen LogP contribution in [0.2, 0.25) is 0 Å². The van der Waals surface area contributed by atoms with Crippen LogP contribution in [-0.4, -0.2) is 77.2 Å². The number of carboxylic acids is 1. The molecule has 0 radical (unpaired) electrons. The second-order valence-electron chi connectivity index (χ2n) is 8.24. The number of nitrogens with zero attached hydrogens (tertiary/aromatic N) is 1. The van der Waals surface area contributed by atoms with Gasteiger partial charge in [0.2, 0.25) is 17.7 Å². The smallest absolute Gasteiger partial charge is 0.326 e. The SMILES string of the molecule is CCC(C)C(NC(=O)C(N)CO)C(=O)NC(C(=O)NC(CCCN=C(N)N)C(=O)O)C(C)C. The van der Waals surface area contributed by atoms with Gasteiger partial charge >= 0.3 is 5.97 Å². The van der Waals surface area contributed by atoms with Crippen LogP contribution in [0.25, 0.3) is 0 Å². The molecule has 0 saturated carbocycles. The summed E-state index contributed by atoms with van der Waals surface area (Å²) in [4.78, 5) is 53.2. The van der Waals surface area contributed by atoms with E-state index in [4.69, 9.17) is 22.3 Å². The monoisotopic (exact) mass is 473 g/mol. The lowest BCUT2D eigenvalue weighted by molar-refractivity contribution is -0.143. The largest absolute Gasteiger partial charge is 0.480 e. The van der Waals surface area contributed by atoms with Crippen molar-refractivity contribution < 1.29 is 29.4 Å². The number of aliphatic hydroxyl groups excluding tert-OH is 1. The Bertz CT molecular complexity index is 696. The van der Waals surface area contributed by atoms with Crippen LogP contribution in [0.4, 0.5) is 0 Å². The fraction of sp³-hybridized carbons (Fsp3) is 0.750. The fourth-order valence-corrected chi connectivity index (χ4v) is 2.85. The number of hydrogen-bond donors (Lipinski definition) is 8. The van der Waals surface area contributed by atoms with Crippen LogP contribution in [0.5, 0.6) is 0 Å². The van der Waals surface area contributed by atoms with Crippen molar-refractivity contribution in [2.24, 2.45) is 34.0 Å². The Hall–Kier alpha value is -2.93. The minimum Gasteiger partial charge on any atom is -0.480 e. The fourth-order valence-electron chi connectivity index (χ4n) is 2.85. The molecule has 13 heteroatoms. The number of carbonyl (C=O) groups is 4. The van der Waals surface area contributed by atoms with Crippen molar-refractivity contribution in [1.29, 1.82) is 0 Å². The molecule has 3 amide bonds. The van der Waals surface area contributed by atoms with E-state index >= 15 is 0 Å². The molecule has 0 saturated heterocycles. The maximum absolute atomic E-state index is 12.9. The van der Waals surface area contributed by atoms with Gasteiger partial charge in [0.25, 0.3) is 0 Å². The molecule has 0 aromatic heterocycles. The van der Waals surface area contributed by atoms with Crippen molar-refractivity contribution in [1.82, 2.24) is 16.0 Å². The van der Waals surface area contributed by atoms with Crippen molar-refractivity contribution in [3.05, 3.63) is 0 Å². The van der Waals surface area contributed by atoms with Gasteiger partial charge in [0.15, 0.2) is 5.96 Å². The molecule has 0 aliphatic heterocycles. The molecule has 0 aromatic rings. The van der Waals surface area contributed by atoms with Crippen LogP contribution < -0.4 is 33.2 Å². The molecule has 0 bridgehead atoms. The Morgan fingerprint density at radius 2 is 1.48 bits per heavy atom. The third kappa shape index (κ3) is 11.0. The van der Waals surface area contributed by atoms with Crippen LogP contribution in [0.1, 0.15) is 47.0 Å². The Labute approximate surface area is 193 Å². The van der Waals surface area contributed by atoms with E-state index in [0.29, 0.717) is 12.8 Å². The van der Waals surface area contributed by atoms with Crippen molar-refractivity contribution in [3.63, 3.8) is 0 Å². The highest BCUT2D eigenvalue weighted by atomic mass is 16.4. The Morgan fingerprint density at radius 3 is 1.94 bits per heavy atom. The standard InChI is InChI=1S/C20H39N7O6/c1-5-11(4)15(27-16(29)12(21)9-28)18(31)26-14(10(2)3)17(30)25-13(19(32)33)7-6-8-24-20(22)23/h10-15,28H,5-9,21H2,1-4H3,(H,25,30)(H,26,31)(H,27,29)(H,32,33)(H4,22,23,24). The van der Waals surface area contributed by atoms with Gasteiger partial charge in [-0.3, -0.25) is 19.4 Å². The van der Waals surface area contributed by atoms with E-state index in [1.807, 2.05) is 6.92 Å². The molecule has 33 heavy (non-hydrogen) atoms. The van der Waals surface area contributed by atoms with E-state index in [9.17, 15) is 24.3 Å². The molecular formula is C20H39N7O6. The third-order valence-electron chi connectivity index (χ3n) is 5.13. The topological polar surface area (TPSA) is 235 Å². The molecule has 0 aromatic carbocycles. The van der Waals surface area contributed by atoms with E-state index in [2.05, 4.69) is 20.9 Å². The van der Waals surface area contributed by atoms with Gasteiger partial charge in [-0.1, -0.05) is 34.1 Å². The predicted molar refractivity (Wildman–Crippen MR) is 123 cm³/mol. The van der Waals surface area contributed by atoms with Crippen LogP contribution in [0.15, 0.2) is 4.99 Å². The summed E-state index contributed by atoms with van der Waals surface area (Å²) < 4.78 is 0. The van der Waals surface area contributed by atoms with E-state index in [1.54, 1.807) is 20.8 Å². The van der Waals surface area contributed by atoms with Crippen LogP contribution in [-0.2, 0) is 19.2 Å². The molecule has 0 heterocycles. The molecule has 11 N–H and O–H groups in total. The molecule has 0 aliphatic rings. The van der Waals surface area contributed by atoms with E-state index in [0.717, 1.165) is 0 Å². The average molecular weight is 474 g/mol. The van der Waals surface area contributed by atoms with Gasteiger partial charge in [-0.05, 0) is 24.7 Å². The van der Waals surface area contributed by atoms with Crippen molar-refractivity contribution in [3.8, 4) is 0 Å². The maximum Gasteiger partial charge on any atom is 0.326 e. The first-order valence-electron chi connectivity index (χ1n) is 10.9. The molecule has 0 rings (SSSR count). The maximum atomic E-state index is 12.9. The zero-order chi connectivity index (χ0) is 25.7. The number of guanidine groups is 1. The minimum atomic E-state index is -1.23. The van der Waals surface area contributed by atoms with Gasteiger partial charge < -0.3 is 43.4 Å². The third-order valence-corrected chi connectivity index (χ3v) is 5.13. The number of carbonyl (C=O) groups excluding carboxylic acids is 3. The molecule has 5 atom stereocenters. The lowest BCUT2D eigenvalue weighted by Crippen LogP contribution is -2.60. The number of aliphatic imine (C=N–C) groups is 1. The molecule has 190 valence electrons. The second-order valence-corrected chi connectivity index (χ2v) is 8.24. The van der Waals surface area contributed by atoms with Gasteiger partial charge in [0.05, 0.1) is 6.61 Å². The van der Waals surface area contributed by atoms with E-state index in [-0.39, 0.29) is 30.8 Å². The summed E-state index contributed by atoms with van der Waals surface area (Å²) in [6, 6.07) is -4.43. The lowest BCUT2D eigenvalue weighted by Gasteiger charge is -2.29. The summed E-state index contributed by atoms with van der Waals surface area (Å²) in [5, 5.41) is 26.1. The van der Waals surface area contributed by atoms with Gasteiger partial charge in [-0.15, -0.1) is 0 Å². The summed E-state index contributed by atoms with van der Waals surface area (Å²) in [6.45, 7) is 6.58. The highest BCUT2D eigenvalue weighted by Crippen LogP contribution is 2.11. The molecule has 0 spiro atoms. The first-order chi connectivity index (χ1) is 15.3. The number of nitrogens with two attached hydrogens (primary N) is 3. The number of amides is 3. The number of nitrogens with one attached hydrogen (secondary N) is 3. The lowest BCUT2D eigenvalue weighted by atomic mass is 9.96.